The Kier molecular flexibility index (Phi) is 4.90. The number of aryl methyl sites for hydroxylation is 1. The SMILES string of the molecule is Cc1nn(-c2ccc(F)cc2)c(Cl)c1/C=N\n1c([C@H]2CCCO2)n[nH]c1=S. The van der Waals surface area contributed by atoms with Crippen LogP contribution in [-0.4, -0.2) is 37.5 Å². The van der Waals surface area contributed by atoms with Crippen LogP contribution in [0.4, 0.5) is 4.39 Å². The molecule has 0 spiro atoms. The summed E-state index contributed by atoms with van der Waals surface area (Å²) in [6.45, 7) is 2.52. The van der Waals surface area contributed by atoms with E-state index in [0.29, 0.717) is 39.3 Å². The highest BCUT2D eigenvalue weighted by molar-refractivity contribution is 7.71. The topological polar surface area (TPSA) is 73.0 Å². The van der Waals surface area contributed by atoms with Gasteiger partial charge in [-0.15, -0.1) is 0 Å². The fourth-order valence-electron chi connectivity index (χ4n) is 2.93. The van der Waals surface area contributed by atoms with E-state index >= 15 is 0 Å². The molecule has 0 radical (unpaired) electrons. The van der Waals surface area contributed by atoms with E-state index in [1.807, 2.05) is 6.92 Å². The summed E-state index contributed by atoms with van der Waals surface area (Å²) in [7, 11) is 0. The summed E-state index contributed by atoms with van der Waals surface area (Å²) >= 11 is 11.8. The molecule has 0 aliphatic carbocycles. The summed E-state index contributed by atoms with van der Waals surface area (Å²) < 4.78 is 22.3. The molecule has 27 heavy (non-hydrogen) atoms. The van der Waals surface area contributed by atoms with Gasteiger partial charge in [-0.05, 0) is 56.2 Å². The maximum atomic E-state index is 13.2. The molecule has 1 aliphatic heterocycles. The van der Waals surface area contributed by atoms with E-state index in [4.69, 9.17) is 28.6 Å². The van der Waals surface area contributed by atoms with Crippen molar-refractivity contribution in [2.24, 2.45) is 5.10 Å². The second kappa shape index (κ2) is 7.34. The van der Waals surface area contributed by atoms with Crippen LogP contribution in [0.2, 0.25) is 5.15 Å². The summed E-state index contributed by atoms with van der Waals surface area (Å²) in [6.07, 6.45) is 3.31. The molecule has 0 saturated carbocycles. The second-order valence-corrected chi connectivity index (χ2v) is 6.87. The number of aromatic amines is 1. The van der Waals surface area contributed by atoms with E-state index in [2.05, 4.69) is 20.4 Å². The smallest absolute Gasteiger partial charge is 0.216 e. The molecule has 7 nitrogen and oxygen atoms in total. The quantitative estimate of drug-likeness (QED) is 0.525. The van der Waals surface area contributed by atoms with Crippen molar-refractivity contribution in [3.8, 4) is 5.69 Å². The van der Waals surface area contributed by atoms with Gasteiger partial charge in [0.25, 0.3) is 0 Å². The van der Waals surface area contributed by atoms with Crippen molar-refractivity contribution in [2.45, 2.75) is 25.9 Å². The summed E-state index contributed by atoms with van der Waals surface area (Å²) in [5.74, 6) is 0.310. The third-order valence-corrected chi connectivity index (χ3v) is 4.94. The fourth-order valence-corrected chi connectivity index (χ4v) is 3.44. The number of nitrogens with zero attached hydrogens (tertiary/aromatic N) is 5. The number of halogens is 2. The third kappa shape index (κ3) is 3.45. The lowest BCUT2D eigenvalue weighted by Gasteiger charge is -2.07. The Labute approximate surface area is 164 Å². The zero-order chi connectivity index (χ0) is 19.0. The van der Waals surface area contributed by atoms with Crippen LogP contribution in [0.25, 0.3) is 5.69 Å². The van der Waals surface area contributed by atoms with Gasteiger partial charge in [-0.1, -0.05) is 11.6 Å². The number of H-pyrrole nitrogens is 1. The Balaban J connectivity index is 1.69. The predicted molar refractivity (Wildman–Crippen MR) is 102 cm³/mol. The number of ether oxygens (including phenoxy) is 1. The minimum Gasteiger partial charge on any atom is -0.370 e. The van der Waals surface area contributed by atoms with Gasteiger partial charge in [0.1, 0.15) is 17.1 Å². The maximum Gasteiger partial charge on any atom is 0.216 e. The van der Waals surface area contributed by atoms with E-state index in [1.54, 1.807) is 18.3 Å². The molecule has 3 heterocycles. The largest absolute Gasteiger partial charge is 0.370 e. The molecule has 140 valence electrons. The lowest BCUT2D eigenvalue weighted by molar-refractivity contribution is 0.102. The van der Waals surface area contributed by atoms with Gasteiger partial charge in [-0.3, -0.25) is 5.10 Å². The number of hydrogen-bond donors (Lipinski definition) is 1. The molecular formula is C17H16ClFN6OS. The molecule has 1 N–H and O–H groups in total. The highest BCUT2D eigenvalue weighted by atomic mass is 35.5. The Morgan fingerprint density at radius 1 is 1.41 bits per heavy atom. The number of rotatable bonds is 4. The van der Waals surface area contributed by atoms with E-state index < -0.39 is 0 Å². The second-order valence-electron chi connectivity index (χ2n) is 6.12. The van der Waals surface area contributed by atoms with E-state index in [9.17, 15) is 4.39 Å². The Morgan fingerprint density at radius 2 is 2.19 bits per heavy atom. The van der Waals surface area contributed by atoms with Crippen molar-refractivity contribution in [2.75, 3.05) is 6.61 Å². The van der Waals surface area contributed by atoms with Gasteiger partial charge in [-0.2, -0.15) is 20.0 Å². The van der Waals surface area contributed by atoms with Gasteiger partial charge in [0.2, 0.25) is 4.77 Å². The molecule has 1 aliphatic rings. The number of nitrogens with one attached hydrogen (secondary N) is 1. The van der Waals surface area contributed by atoms with Gasteiger partial charge >= 0.3 is 0 Å². The van der Waals surface area contributed by atoms with Crippen LogP contribution in [0.1, 0.15) is 36.0 Å². The van der Waals surface area contributed by atoms with Crippen LogP contribution < -0.4 is 0 Å². The van der Waals surface area contributed by atoms with Gasteiger partial charge in [0.15, 0.2) is 5.82 Å². The first-order chi connectivity index (χ1) is 13.0. The van der Waals surface area contributed by atoms with Crippen LogP contribution in [0.15, 0.2) is 29.4 Å². The van der Waals surface area contributed by atoms with Crippen LogP contribution in [0.5, 0.6) is 0 Å². The van der Waals surface area contributed by atoms with Crippen LogP contribution in [-0.2, 0) is 4.74 Å². The summed E-state index contributed by atoms with van der Waals surface area (Å²) in [4.78, 5) is 0. The average molecular weight is 407 g/mol. The van der Waals surface area contributed by atoms with Crippen molar-refractivity contribution < 1.29 is 9.13 Å². The van der Waals surface area contributed by atoms with Crippen molar-refractivity contribution in [3.63, 3.8) is 0 Å². The molecule has 0 bridgehead atoms. The molecule has 0 amide bonds. The van der Waals surface area contributed by atoms with Crippen LogP contribution >= 0.6 is 23.8 Å². The zero-order valence-corrected chi connectivity index (χ0v) is 16.0. The molecule has 10 heteroatoms. The first-order valence-electron chi connectivity index (χ1n) is 8.39. The maximum absolute atomic E-state index is 13.2. The molecule has 1 saturated heterocycles. The van der Waals surface area contributed by atoms with Crippen LogP contribution in [0.3, 0.4) is 0 Å². The predicted octanol–water partition coefficient (Wildman–Crippen LogP) is 3.96. The van der Waals surface area contributed by atoms with E-state index in [0.717, 1.165) is 12.8 Å². The molecular weight excluding hydrogens is 391 g/mol. The molecule has 1 aromatic carbocycles. The van der Waals surface area contributed by atoms with Crippen molar-refractivity contribution in [1.29, 1.82) is 0 Å². The lowest BCUT2D eigenvalue weighted by Crippen LogP contribution is -2.05. The van der Waals surface area contributed by atoms with E-state index in [1.165, 1.54) is 21.5 Å². The number of hydrogen-bond acceptors (Lipinski definition) is 5. The lowest BCUT2D eigenvalue weighted by atomic mass is 10.2. The minimum atomic E-state index is -0.323. The summed E-state index contributed by atoms with van der Waals surface area (Å²) in [5.41, 5.74) is 1.98. The van der Waals surface area contributed by atoms with Crippen molar-refractivity contribution in [1.82, 2.24) is 24.7 Å². The summed E-state index contributed by atoms with van der Waals surface area (Å²) in [5, 5.41) is 16.2. The monoisotopic (exact) mass is 406 g/mol. The van der Waals surface area contributed by atoms with Crippen LogP contribution in [0, 0.1) is 17.5 Å². The first-order valence-corrected chi connectivity index (χ1v) is 9.17. The fraction of sp³-hybridized carbons (Fsp3) is 0.294. The number of benzene rings is 1. The number of aromatic nitrogens is 5. The van der Waals surface area contributed by atoms with Gasteiger partial charge in [0.05, 0.1) is 23.2 Å². The molecule has 1 atom stereocenters. The standard InChI is InChI=1S/C17H16ClFN6OS/c1-10-13(15(18)24(23-10)12-6-4-11(19)5-7-12)9-20-25-16(21-22-17(25)27)14-3-2-8-26-14/h4-7,9,14H,2-3,8H2,1H3,(H,22,27)/b20-9-/t14-/m1/s1. The Hall–Kier alpha value is -2.36. The van der Waals surface area contributed by atoms with E-state index in [-0.39, 0.29) is 11.9 Å². The van der Waals surface area contributed by atoms with Crippen molar-refractivity contribution >= 4 is 30.0 Å². The van der Waals surface area contributed by atoms with Gasteiger partial charge < -0.3 is 4.74 Å². The molecule has 0 unspecified atom stereocenters. The minimum absolute atomic E-state index is 0.131. The average Bonchev–Trinajstić information content (AvgIpc) is 3.36. The zero-order valence-electron chi connectivity index (χ0n) is 14.4. The summed E-state index contributed by atoms with van der Waals surface area (Å²) in [6, 6.07) is 5.93. The molecule has 3 aromatic rings. The first kappa shape index (κ1) is 18.0. The third-order valence-electron chi connectivity index (χ3n) is 4.31. The molecule has 1 fully saturated rings. The highest BCUT2D eigenvalue weighted by Gasteiger charge is 2.23. The Bertz CT molecular complexity index is 1050. The van der Waals surface area contributed by atoms with Gasteiger partial charge in [-0.25, -0.2) is 9.07 Å². The molecule has 4 rings (SSSR count). The highest BCUT2D eigenvalue weighted by Crippen LogP contribution is 2.27. The molecule has 2 aromatic heterocycles. The van der Waals surface area contributed by atoms with Crippen molar-refractivity contribution in [3.05, 3.63) is 57.1 Å². The normalized spacial score (nSPS) is 17.2. The van der Waals surface area contributed by atoms with Gasteiger partial charge in [0, 0.05) is 6.61 Å². The Morgan fingerprint density at radius 3 is 2.89 bits per heavy atom.